The van der Waals surface area contributed by atoms with Gasteiger partial charge in [-0.05, 0) is 54.8 Å². The number of anilines is 1. The third kappa shape index (κ3) is 2.29. The number of nitrogen functional groups attached to an aromatic ring is 1. The van der Waals surface area contributed by atoms with Gasteiger partial charge in [-0.3, -0.25) is 4.79 Å². The van der Waals surface area contributed by atoms with Crippen molar-refractivity contribution in [1.29, 1.82) is 0 Å². The molecule has 5 nitrogen and oxygen atoms in total. The van der Waals surface area contributed by atoms with E-state index in [1.54, 1.807) is 6.07 Å². The van der Waals surface area contributed by atoms with Crippen LogP contribution in [0.3, 0.4) is 0 Å². The van der Waals surface area contributed by atoms with Crippen LogP contribution >= 0.6 is 0 Å². The Kier molecular flexibility index (Phi) is 3.16. The highest BCUT2D eigenvalue weighted by atomic mass is 16.3. The first kappa shape index (κ1) is 14.0. The smallest absolute Gasteiger partial charge is 0.232 e. The van der Waals surface area contributed by atoms with E-state index in [0.717, 1.165) is 30.6 Å². The van der Waals surface area contributed by atoms with Gasteiger partial charge in [0.2, 0.25) is 11.1 Å². The van der Waals surface area contributed by atoms with Crippen LogP contribution in [0.1, 0.15) is 17.5 Å². The zero-order chi connectivity index (χ0) is 16.0. The molecule has 3 N–H and O–H groups in total. The van der Waals surface area contributed by atoms with Crippen LogP contribution in [0.15, 0.2) is 39.6 Å². The van der Waals surface area contributed by atoms with E-state index in [1.807, 2.05) is 25.1 Å². The SMILES string of the molecule is Cc1cc2c(=O)c3cc(C4=CCNCC4)ccc3oc2nc1N. The fourth-order valence-electron chi connectivity index (χ4n) is 2.98. The van der Waals surface area contributed by atoms with Crippen LogP contribution in [-0.4, -0.2) is 18.1 Å². The van der Waals surface area contributed by atoms with Crippen molar-refractivity contribution in [2.45, 2.75) is 13.3 Å². The monoisotopic (exact) mass is 307 g/mol. The molecule has 23 heavy (non-hydrogen) atoms. The average Bonchev–Trinajstić information content (AvgIpc) is 2.58. The van der Waals surface area contributed by atoms with E-state index in [0.29, 0.717) is 27.9 Å². The van der Waals surface area contributed by atoms with Crippen LogP contribution in [0, 0.1) is 6.92 Å². The Morgan fingerprint density at radius 2 is 2.13 bits per heavy atom. The van der Waals surface area contributed by atoms with Gasteiger partial charge in [0.25, 0.3) is 0 Å². The molecule has 2 aromatic heterocycles. The van der Waals surface area contributed by atoms with Gasteiger partial charge in [-0.2, -0.15) is 4.98 Å². The second-order valence-electron chi connectivity index (χ2n) is 5.87. The maximum absolute atomic E-state index is 12.8. The van der Waals surface area contributed by atoms with Gasteiger partial charge >= 0.3 is 0 Å². The van der Waals surface area contributed by atoms with Gasteiger partial charge < -0.3 is 15.5 Å². The van der Waals surface area contributed by atoms with Crippen molar-refractivity contribution < 1.29 is 4.42 Å². The lowest BCUT2D eigenvalue weighted by atomic mass is 9.98. The number of aromatic nitrogens is 1. The second kappa shape index (κ2) is 5.21. The summed E-state index contributed by atoms with van der Waals surface area (Å²) in [5, 5.41) is 4.35. The van der Waals surface area contributed by atoms with E-state index in [9.17, 15) is 4.79 Å². The van der Waals surface area contributed by atoms with Crippen LogP contribution in [0.5, 0.6) is 0 Å². The Morgan fingerprint density at radius 1 is 1.26 bits per heavy atom. The Labute approximate surface area is 132 Å². The molecule has 1 aliphatic rings. The zero-order valence-corrected chi connectivity index (χ0v) is 12.8. The summed E-state index contributed by atoms with van der Waals surface area (Å²) in [6, 6.07) is 7.50. The first-order chi connectivity index (χ1) is 11.1. The standard InChI is InChI=1S/C18H17N3O2/c1-10-8-14-16(22)13-9-12(11-4-6-20-7-5-11)2-3-15(13)23-18(14)21-17(10)19/h2-4,8-9,20H,5-7H2,1H3,(H2,19,21). The van der Waals surface area contributed by atoms with Crippen molar-refractivity contribution in [2.75, 3.05) is 18.8 Å². The van der Waals surface area contributed by atoms with Crippen molar-refractivity contribution in [2.24, 2.45) is 0 Å². The molecule has 3 aromatic rings. The van der Waals surface area contributed by atoms with E-state index in [1.165, 1.54) is 5.57 Å². The lowest BCUT2D eigenvalue weighted by Crippen LogP contribution is -2.20. The van der Waals surface area contributed by atoms with Gasteiger partial charge in [0.15, 0.2) is 0 Å². The molecule has 116 valence electrons. The number of fused-ring (bicyclic) bond motifs is 2. The summed E-state index contributed by atoms with van der Waals surface area (Å²) >= 11 is 0. The summed E-state index contributed by atoms with van der Waals surface area (Å²) in [6.07, 6.45) is 3.13. The van der Waals surface area contributed by atoms with Gasteiger partial charge in [-0.15, -0.1) is 0 Å². The van der Waals surface area contributed by atoms with Gasteiger partial charge in [0.05, 0.1) is 10.8 Å². The highest BCUT2D eigenvalue weighted by molar-refractivity contribution is 5.91. The average molecular weight is 307 g/mol. The van der Waals surface area contributed by atoms with E-state index < -0.39 is 0 Å². The first-order valence-corrected chi connectivity index (χ1v) is 7.67. The minimum Gasteiger partial charge on any atom is -0.437 e. The Morgan fingerprint density at radius 3 is 2.91 bits per heavy atom. The van der Waals surface area contributed by atoms with E-state index in [2.05, 4.69) is 16.4 Å². The number of rotatable bonds is 1. The quantitative estimate of drug-likeness (QED) is 0.675. The summed E-state index contributed by atoms with van der Waals surface area (Å²) in [4.78, 5) is 17.0. The number of nitrogens with one attached hydrogen (secondary N) is 1. The van der Waals surface area contributed by atoms with Crippen LogP contribution < -0.4 is 16.5 Å². The third-order valence-corrected chi connectivity index (χ3v) is 4.33. The summed E-state index contributed by atoms with van der Waals surface area (Å²) in [6.45, 7) is 3.66. The summed E-state index contributed by atoms with van der Waals surface area (Å²) < 4.78 is 5.78. The molecule has 4 rings (SSSR count). The van der Waals surface area contributed by atoms with E-state index in [4.69, 9.17) is 10.2 Å². The number of nitrogens with zero attached hydrogens (tertiary/aromatic N) is 1. The summed E-state index contributed by atoms with van der Waals surface area (Å²) in [5.74, 6) is 0.386. The van der Waals surface area contributed by atoms with E-state index >= 15 is 0 Å². The van der Waals surface area contributed by atoms with Crippen molar-refractivity contribution >= 4 is 33.5 Å². The van der Waals surface area contributed by atoms with Crippen molar-refractivity contribution in [3.8, 4) is 0 Å². The molecule has 0 atom stereocenters. The second-order valence-corrected chi connectivity index (χ2v) is 5.87. The molecule has 5 heteroatoms. The van der Waals surface area contributed by atoms with Gasteiger partial charge in [0.1, 0.15) is 11.4 Å². The molecule has 0 aliphatic carbocycles. The largest absolute Gasteiger partial charge is 0.437 e. The molecule has 3 heterocycles. The molecule has 0 saturated heterocycles. The van der Waals surface area contributed by atoms with Crippen molar-refractivity contribution in [3.05, 3.63) is 51.7 Å². The molecule has 0 radical (unpaired) electrons. The predicted molar refractivity (Wildman–Crippen MR) is 92.4 cm³/mol. The number of benzene rings is 1. The van der Waals surface area contributed by atoms with Crippen LogP contribution in [0.25, 0.3) is 27.6 Å². The molecular weight excluding hydrogens is 290 g/mol. The van der Waals surface area contributed by atoms with Crippen LogP contribution in [0.2, 0.25) is 0 Å². The van der Waals surface area contributed by atoms with Crippen LogP contribution in [0.4, 0.5) is 5.82 Å². The zero-order valence-electron chi connectivity index (χ0n) is 12.8. The van der Waals surface area contributed by atoms with Gasteiger partial charge in [-0.1, -0.05) is 12.1 Å². The molecule has 0 fully saturated rings. The van der Waals surface area contributed by atoms with Gasteiger partial charge in [0, 0.05) is 6.54 Å². The normalized spacial score (nSPS) is 15.1. The molecule has 0 amide bonds. The minimum atomic E-state index is -0.0618. The summed E-state index contributed by atoms with van der Waals surface area (Å²) in [5.41, 5.74) is 9.70. The molecular formula is C18H17N3O2. The molecule has 0 saturated carbocycles. The van der Waals surface area contributed by atoms with Gasteiger partial charge in [-0.25, -0.2) is 0 Å². The third-order valence-electron chi connectivity index (χ3n) is 4.33. The fourth-order valence-corrected chi connectivity index (χ4v) is 2.98. The lowest BCUT2D eigenvalue weighted by molar-refractivity contribution is 0.645. The minimum absolute atomic E-state index is 0.0618. The summed E-state index contributed by atoms with van der Waals surface area (Å²) in [7, 11) is 0. The van der Waals surface area contributed by atoms with E-state index in [-0.39, 0.29) is 5.43 Å². The number of aryl methyl sites for hydroxylation is 1. The molecule has 1 aliphatic heterocycles. The molecule has 0 bridgehead atoms. The highest BCUT2D eigenvalue weighted by Gasteiger charge is 2.13. The number of pyridine rings is 1. The Bertz CT molecular complexity index is 1020. The molecule has 0 spiro atoms. The number of hydrogen-bond acceptors (Lipinski definition) is 5. The number of nitrogens with two attached hydrogens (primary N) is 1. The maximum Gasteiger partial charge on any atom is 0.232 e. The molecule has 0 unspecified atom stereocenters. The Balaban J connectivity index is 1.99. The van der Waals surface area contributed by atoms with Crippen molar-refractivity contribution in [1.82, 2.24) is 10.3 Å². The fraction of sp³-hybridized carbons (Fsp3) is 0.222. The predicted octanol–water partition coefficient (Wildman–Crippen LogP) is 2.61. The molecule has 1 aromatic carbocycles. The number of hydrogen-bond donors (Lipinski definition) is 2. The van der Waals surface area contributed by atoms with Crippen molar-refractivity contribution in [3.63, 3.8) is 0 Å². The first-order valence-electron chi connectivity index (χ1n) is 7.67. The highest BCUT2D eigenvalue weighted by Crippen LogP contribution is 2.25. The maximum atomic E-state index is 12.8. The Hall–Kier alpha value is -2.66. The van der Waals surface area contributed by atoms with Crippen LogP contribution in [-0.2, 0) is 0 Å². The lowest BCUT2D eigenvalue weighted by Gasteiger charge is -2.14. The topological polar surface area (TPSA) is 81.2 Å².